The van der Waals surface area contributed by atoms with Gasteiger partial charge in [0.05, 0.1) is 12.2 Å². The zero-order chi connectivity index (χ0) is 20.4. The zero-order valence-electron chi connectivity index (χ0n) is 16.0. The van der Waals surface area contributed by atoms with Gasteiger partial charge >= 0.3 is 6.18 Å². The van der Waals surface area contributed by atoms with E-state index in [0.717, 1.165) is 49.3 Å². The maximum atomic E-state index is 12.8. The van der Waals surface area contributed by atoms with E-state index in [-0.39, 0.29) is 5.56 Å². The number of alkyl halides is 3. The van der Waals surface area contributed by atoms with E-state index in [1.807, 2.05) is 4.90 Å². The molecule has 156 valence electrons. The predicted octanol–water partition coefficient (Wildman–Crippen LogP) is 1.75. The Morgan fingerprint density at radius 1 is 0.966 bits per heavy atom. The average Bonchev–Trinajstić information content (AvgIpc) is 2.72. The lowest BCUT2D eigenvalue weighted by Gasteiger charge is -2.35. The van der Waals surface area contributed by atoms with Crippen LogP contribution in [0.4, 0.5) is 19.0 Å². The minimum absolute atomic E-state index is 0.0649. The molecule has 29 heavy (non-hydrogen) atoms. The fourth-order valence-corrected chi connectivity index (χ4v) is 3.87. The number of halogens is 3. The smallest absolute Gasteiger partial charge is 0.354 e. The van der Waals surface area contributed by atoms with Gasteiger partial charge in [0.2, 0.25) is 0 Å². The van der Waals surface area contributed by atoms with Gasteiger partial charge in [0.25, 0.3) is 5.56 Å². The summed E-state index contributed by atoms with van der Waals surface area (Å²) in [6.45, 7) is 3.70. The molecule has 1 saturated heterocycles. The van der Waals surface area contributed by atoms with E-state index in [1.54, 1.807) is 6.07 Å². The van der Waals surface area contributed by atoms with Gasteiger partial charge in [-0.1, -0.05) is 0 Å². The second kappa shape index (κ2) is 8.10. The van der Waals surface area contributed by atoms with Gasteiger partial charge in [0, 0.05) is 44.9 Å². The zero-order valence-corrected chi connectivity index (χ0v) is 16.0. The second-order valence-electron chi connectivity index (χ2n) is 7.47. The van der Waals surface area contributed by atoms with Gasteiger partial charge in [0.15, 0.2) is 0 Å². The highest BCUT2D eigenvalue weighted by Gasteiger charge is 2.33. The molecule has 10 heteroatoms. The molecule has 0 atom stereocenters. The van der Waals surface area contributed by atoms with Crippen molar-refractivity contribution >= 4 is 5.82 Å². The first-order valence-corrected chi connectivity index (χ1v) is 9.86. The third-order valence-electron chi connectivity index (χ3n) is 5.54. The molecule has 1 aliphatic carbocycles. The molecule has 2 aromatic rings. The van der Waals surface area contributed by atoms with Crippen molar-refractivity contribution in [1.29, 1.82) is 0 Å². The van der Waals surface area contributed by atoms with E-state index in [4.69, 9.17) is 0 Å². The fraction of sp³-hybridized carbons (Fsp3) is 0.579. The summed E-state index contributed by atoms with van der Waals surface area (Å²) in [4.78, 5) is 23.6. The third-order valence-corrected chi connectivity index (χ3v) is 5.54. The van der Waals surface area contributed by atoms with Crippen molar-refractivity contribution in [3.8, 4) is 0 Å². The second-order valence-corrected chi connectivity index (χ2v) is 7.47. The minimum atomic E-state index is -4.48. The Kier molecular flexibility index (Phi) is 5.53. The van der Waals surface area contributed by atoms with Crippen molar-refractivity contribution in [3.63, 3.8) is 0 Å². The molecule has 0 amide bonds. The number of hydrogen-bond acceptors (Lipinski definition) is 6. The summed E-state index contributed by atoms with van der Waals surface area (Å²) in [7, 11) is 0. The van der Waals surface area contributed by atoms with Crippen LogP contribution in [0, 0.1) is 0 Å². The summed E-state index contributed by atoms with van der Waals surface area (Å²) in [6, 6.07) is 2.71. The summed E-state index contributed by atoms with van der Waals surface area (Å²) in [6.07, 6.45) is 0.554. The molecular weight excluding hydrogens is 385 g/mol. The highest BCUT2D eigenvalue weighted by Crippen LogP contribution is 2.29. The number of aryl methyl sites for hydroxylation is 2. The quantitative estimate of drug-likeness (QED) is 0.768. The van der Waals surface area contributed by atoms with Crippen molar-refractivity contribution in [1.82, 2.24) is 24.6 Å². The van der Waals surface area contributed by atoms with E-state index < -0.39 is 11.9 Å². The summed E-state index contributed by atoms with van der Waals surface area (Å²) in [5.41, 5.74) is 1.12. The van der Waals surface area contributed by atoms with E-state index in [9.17, 15) is 18.0 Å². The molecule has 1 fully saturated rings. The predicted molar refractivity (Wildman–Crippen MR) is 101 cm³/mol. The van der Waals surface area contributed by atoms with Crippen LogP contribution in [0.3, 0.4) is 0 Å². The number of nitrogens with zero attached hydrogens (tertiary/aromatic N) is 6. The standard InChI is InChI=1S/C19H23F3N6O/c20-19(21,22)16-12-17(24-13-23-16)27-8-5-26(6-9-27)7-10-28-18(29)11-14-3-1-2-4-15(14)25-28/h11-13H,1-10H2. The molecular formula is C19H23F3N6O. The van der Waals surface area contributed by atoms with Gasteiger partial charge in [-0.2, -0.15) is 18.3 Å². The topological polar surface area (TPSA) is 67.2 Å². The number of fused-ring (bicyclic) bond motifs is 1. The van der Waals surface area contributed by atoms with Crippen molar-refractivity contribution < 1.29 is 13.2 Å². The Labute approximate surface area is 166 Å². The van der Waals surface area contributed by atoms with Crippen LogP contribution in [-0.2, 0) is 25.6 Å². The maximum Gasteiger partial charge on any atom is 0.433 e. The first kappa shape index (κ1) is 19.8. The first-order chi connectivity index (χ1) is 13.9. The van der Waals surface area contributed by atoms with Crippen LogP contribution < -0.4 is 10.5 Å². The normalized spacial score (nSPS) is 18.0. The van der Waals surface area contributed by atoms with Gasteiger partial charge in [0.1, 0.15) is 17.8 Å². The molecule has 0 radical (unpaired) electrons. The molecule has 1 aliphatic heterocycles. The Morgan fingerprint density at radius 2 is 1.72 bits per heavy atom. The lowest BCUT2D eigenvalue weighted by Crippen LogP contribution is -2.48. The summed E-state index contributed by atoms with van der Waals surface area (Å²) in [5.74, 6) is 0.291. The molecule has 4 rings (SSSR count). The molecule has 3 heterocycles. The minimum Gasteiger partial charge on any atom is -0.354 e. The van der Waals surface area contributed by atoms with E-state index in [2.05, 4.69) is 20.0 Å². The van der Waals surface area contributed by atoms with Crippen molar-refractivity contribution in [2.45, 2.75) is 38.4 Å². The Hall–Kier alpha value is -2.49. The van der Waals surface area contributed by atoms with Crippen molar-refractivity contribution in [2.24, 2.45) is 0 Å². The van der Waals surface area contributed by atoms with Crippen LogP contribution in [0.2, 0.25) is 0 Å². The molecule has 2 aliphatic rings. The van der Waals surface area contributed by atoms with E-state index >= 15 is 0 Å². The number of piperazine rings is 1. The van der Waals surface area contributed by atoms with Gasteiger partial charge in [-0.15, -0.1) is 0 Å². The molecule has 0 aromatic carbocycles. The lowest BCUT2D eigenvalue weighted by molar-refractivity contribution is -0.141. The highest BCUT2D eigenvalue weighted by molar-refractivity contribution is 5.40. The fourth-order valence-electron chi connectivity index (χ4n) is 3.87. The van der Waals surface area contributed by atoms with Crippen molar-refractivity contribution in [3.05, 3.63) is 45.8 Å². The van der Waals surface area contributed by atoms with Crippen molar-refractivity contribution in [2.75, 3.05) is 37.6 Å². The molecule has 0 N–H and O–H groups in total. The Bertz CT molecular complexity index is 921. The van der Waals surface area contributed by atoms with Gasteiger partial charge in [-0.05, 0) is 31.2 Å². The molecule has 0 saturated carbocycles. The number of aromatic nitrogens is 4. The molecule has 0 bridgehead atoms. The van der Waals surface area contributed by atoms with Crippen LogP contribution in [0.25, 0.3) is 0 Å². The van der Waals surface area contributed by atoms with Crippen LogP contribution in [-0.4, -0.2) is 57.4 Å². The summed E-state index contributed by atoms with van der Waals surface area (Å²) >= 11 is 0. The summed E-state index contributed by atoms with van der Waals surface area (Å²) < 4.78 is 40.1. The third kappa shape index (κ3) is 4.58. The Morgan fingerprint density at radius 3 is 2.48 bits per heavy atom. The van der Waals surface area contributed by atoms with E-state index in [0.29, 0.717) is 45.1 Å². The molecule has 2 aromatic heterocycles. The van der Waals surface area contributed by atoms with Crippen LogP contribution in [0.15, 0.2) is 23.3 Å². The largest absolute Gasteiger partial charge is 0.433 e. The maximum absolute atomic E-state index is 12.8. The molecule has 0 unspecified atom stereocenters. The lowest BCUT2D eigenvalue weighted by atomic mass is 9.97. The van der Waals surface area contributed by atoms with Gasteiger partial charge < -0.3 is 4.90 Å². The van der Waals surface area contributed by atoms with E-state index in [1.165, 1.54) is 4.68 Å². The summed E-state index contributed by atoms with van der Waals surface area (Å²) in [5, 5.41) is 4.54. The molecule has 0 spiro atoms. The van der Waals surface area contributed by atoms with Gasteiger partial charge in [-0.3, -0.25) is 9.69 Å². The SMILES string of the molecule is O=c1cc2c(nn1CCN1CCN(c3cc(C(F)(F)F)ncn3)CC1)CCCC2. The average molecular weight is 408 g/mol. The first-order valence-electron chi connectivity index (χ1n) is 9.86. The van der Waals surface area contributed by atoms with Crippen LogP contribution >= 0.6 is 0 Å². The number of rotatable bonds is 4. The highest BCUT2D eigenvalue weighted by atomic mass is 19.4. The number of anilines is 1. The van der Waals surface area contributed by atoms with Crippen LogP contribution in [0.1, 0.15) is 29.8 Å². The monoisotopic (exact) mass is 408 g/mol. The van der Waals surface area contributed by atoms with Gasteiger partial charge in [-0.25, -0.2) is 14.6 Å². The number of hydrogen-bond donors (Lipinski definition) is 0. The van der Waals surface area contributed by atoms with Crippen LogP contribution in [0.5, 0.6) is 0 Å². The molecule has 7 nitrogen and oxygen atoms in total. The Balaban J connectivity index is 1.33.